The predicted octanol–water partition coefficient (Wildman–Crippen LogP) is 2.58. The van der Waals surface area contributed by atoms with Gasteiger partial charge >= 0.3 is 0 Å². The molecule has 0 bridgehead atoms. The van der Waals surface area contributed by atoms with Gasteiger partial charge in [0.15, 0.2) is 11.5 Å². The van der Waals surface area contributed by atoms with Crippen LogP contribution in [0.25, 0.3) is 11.0 Å². The lowest BCUT2D eigenvalue weighted by Crippen LogP contribution is -2.23. The summed E-state index contributed by atoms with van der Waals surface area (Å²) in [6.45, 7) is 2.43. The van der Waals surface area contributed by atoms with Gasteiger partial charge in [-0.15, -0.1) is 0 Å². The molecule has 0 unspecified atom stereocenters. The first kappa shape index (κ1) is 16.3. The lowest BCUT2D eigenvalue weighted by molar-refractivity contribution is 0.295. The Kier molecular flexibility index (Phi) is 4.96. The third-order valence-corrected chi connectivity index (χ3v) is 4.04. The summed E-state index contributed by atoms with van der Waals surface area (Å²) in [4.78, 5) is 11.1. The van der Waals surface area contributed by atoms with Crippen molar-refractivity contribution < 1.29 is 9.47 Å². The first-order valence-corrected chi connectivity index (χ1v) is 7.87. The monoisotopic (exact) mass is 326 g/mol. The molecule has 0 N–H and O–H groups in total. The average molecular weight is 326 g/mol. The molecule has 0 amide bonds. The van der Waals surface area contributed by atoms with Crippen molar-refractivity contribution in [2.45, 2.75) is 13.1 Å². The minimum atomic E-state index is 0.688. The summed E-state index contributed by atoms with van der Waals surface area (Å²) in [7, 11) is 5.34. The molecule has 24 heavy (non-hydrogen) atoms. The number of benzene rings is 1. The van der Waals surface area contributed by atoms with Gasteiger partial charge < -0.3 is 14.0 Å². The second-order valence-electron chi connectivity index (χ2n) is 5.66. The fourth-order valence-electron chi connectivity index (χ4n) is 2.76. The Morgan fingerprint density at radius 2 is 1.92 bits per heavy atom. The van der Waals surface area contributed by atoms with Crippen molar-refractivity contribution >= 4 is 11.0 Å². The van der Waals surface area contributed by atoms with Crippen molar-refractivity contribution in [3.63, 3.8) is 0 Å². The van der Waals surface area contributed by atoms with Gasteiger partial charge in [-0.1, -0.05) is 12.1 Å². The number of rotatable bonds is 7. The van der Waals surface area contributed by atoms with Gasteiger partial charge in [0.25, 0.3) is 0 Å². The van der Waals surface area contributed by atoms with Gasteiger partial charge in [0, 0.05) is 31.9 Å². The summed E-state index contributed by atoms with van der Waals surface area (Å²) in [6, 6.07) is 9.97. The fraction of sp³-hybridized carbons (Fsp3) is 0.333. The lowest BCUT2D eigenvalue weighted by Gasteiger charge is -2.19. The molecule has 0 aliphatic carbocycles. The van der Waals surface area contributed by atoms with Crippen LogP contribution in [-0.2, 0) is 13.1 Å². The summed E-state index contributed by atoms with van der Waals surface area (Å²) < 4.78 is 12.9. The summed E-state index contributed by atoms with van der Waals surface area (Å²) in [6.07, 6.45) is 3.64. The average Bonchev–Trinajstić information content (AvgIpc) is 3.03. The largest absolute Gasteiger partial charge is 0.493 e. The standard InChI is InChI=1S/C18H22N4O2/c1-21(12-15-18(24-3)17(23-2)8-9-19-15)10-11-22-13-20-14-6-4-5-7-16(14)22/h4-9,13H,10-12H2,1-3H3. The van der Waals surface area contributed by atoms with Gasteiger partial charge in [-0.3, -0.25) is 9.88 Å². The Morgan fingerprint density at radius 1 is 1.08 bits per heavy atom. The van der Waals surface area contributed by atoms with Crippen molar-refractivity contribution in [2.75, 3.05) is 27.8 Å². The van der Waals surface area contributed by atoms with E-state index in [2.05, 4.69) is 32.5 Å². The van der Waals surface area contributed by atoms with E-state index >= 15 is 0 Å². The summed E-state index contributed by atoms with van der Waals surface area (Å²) in [5.74, 6) is 1.40. The molecular formula is C18H22N4O2. The topological polar surface area (TPSA) is 52.4 Å². The zero-order chi connectivity index (χ0) is 16.9. The zero-order valence-electron chi connectivity index (χ0n) is 14.3. The van der Waals surface area contributed by atoms with Crippen molar-refractivity contribution in [3.8, 4) is 11.5 Å². The molecule has 0 fully saturated rings. The highest BCUT2D eigenvalue weighted by molar-refractivity contribution is 5.74. The third-order valence-electron chi connectivity index (χ3n) is 4.04. The summed E-state index contributed by atoms with van der Waals surface area (Å²) >= 11 is 0. The fourth-order valence-corrected chi connectivity index (χ4v) is 2.76. The number of imidazole rings is 1. The second-order valence-corrected chi connectivity index (χ2v) is 5.66. The Morgan fingerprint density at radius 3 is 2.71 bits per heavy atom. The van der Waals surface area contributed by atoms with Crippen LogP contribution in [0, 0.1) is 0 Å². The van der Waals surface area contributed by atoms with E-state index in [0.717, 1.165) is 29.8 Å². The minimum absolute atomic E-state index is 0.688. The zero-order valence-corrected chi connectivity index (χ0v) is 14.3. The van der Waals surface area contributed by atoms with Crippen LogP contribution in [0.15, 0.2) is 42.9 Å². The van der Waals surface area contributed by atoms with Crippen LogP contribution in [0.3, 0.4) is 0 Å². The molecule has 3 rings (SSSR count). The number of para-hydroxylation sites is 2. The molecule has 0 saturated carbocycles. The Labute approximate surface area is 141 Å². The molecule has 0 aliphatic heterocycles. The first-order valence-electron chi connectivity index (χ1n) is 7.87. The van der Waals surface area contributed by atoms with Crippen molar-refractivity contribution in [3.05, 3.63) is 48.5 Å². The molecule has 126 valence electrons. The highest BCUT2D eigenvalue weighted by Gasteiger charge is 2.13. The van der Waals surface area contributed by atoms with E-state index in [-0.39, 0.29) is 0 Å². The number of likely N-dealkylation sites (N-methyl/N-ethyl adjacent to an activating group) is 1. The van der Waals surface area contributed by atoms with Gasteiger partial charge in [0.2, 0.25) is 0 Å². The van der Waals surface area contributed by atoms with Crippen LogP contribution >= 0.6 is 0 Å². The predicted molar refractivity (Wildman–Crippen MR) is 93.4 cm³/mol. The Balaban J connectivity index is 1.67. The van der Waals surface area contributed by atoms with Crippen molar-refractivity contribution in [2.24, 2.45) is 0 Å². The number of aromatic nitrogens is 3. The van der Waals surface area contributed by atoms with Gasteiger partial charge in [-0.05, 0) is 19.2 Å². The molecule has 0 atom stereocenters. The van der Waals surface area contributed by atoms with Crippen LogP contribution in [-0.4, -0.2) is 47.2 Å². The van der Waals surface area contributed by atoms with Gasteiger partial charge in [-0.25, -0.2) is 4.98 Å². The SMILES string of the molecule is COc1ccnc(CN(C)CCn2cnc3ccccc32)c1OC. The van der Waals surface area contributed by atoms with Crippen molar-refractivity contribution in [1.82, 2.24) is 19.4 Å². The maximum absolute atomic E-state index is 5.45. The molecule has 0 radical (unpaired) electrons. The van der Waals surface area contributed by atoms with E-state index in [9.17, 15) is 0 Å². The minimum Gasteiger partial charge on any atom is -0.493 e. The number of methoxy groups -OCH3 is 2. The maximum Gasteiger partial charge on any atom is 0.183 e. The third kappa shape index (κ3) is 3.33. The molecule has 2 heterocycles. The van der Waals surface area contributed by atoms with E-state index in [1.54, 1.807) is 26.5 Å². The number of ether oxygens (including phenoxy) is 2. The van der Waals surface area contributed by atoms with Gasteiger partial charge in [0.1, 0.15) is 5.69 Å². The molecule has 6 heteroatoms. The Bertz CT molecular complexity index is 816. The van der Waals surface area contributed by atoms with E-state index in [1.807, 2.05) is 24.5 Å². The molecule has 6 nitrogen and oxygen atoms in total. The van der Waals surface area contributed by atoms with Crippen LogP contribution in [0.4, 0.5) is 0 Å². The molecule has 0 saturated heterocycles. The number of pyridine rings is 1. The smallest absolute Gasteiger partial charge is 0.183 e. The second kappa shape index (κ2) is 7.31. The van der Waals surface area contributed by atoms with Crippen LogP contribution in [0.1, 0.15) is 5.69 Å². The molecular weight excluding hydrogens is 304 g/mol. The van der Waals surface area contributed by atoms with Crippen molar-refractivity contribution in [1.29, 1.82) is 0 Å². The first-order chi connectivity index (χ1) is 11.7. The number of nitrogens with zero attached hydrogens (tertiary/aromatic N) is 4. The summed E-state index contributed by atoms with van der Waals surface area (Å²) in [5, 5.41) is 0. The van der Waals surface area contributed by atoms with Gasteiger partial charge in [-0.2, -0.15) is 0 Å². The molecule has 1 aromatic carbocycles. The molecule has 3 aromatic rings. The van der Waals surface area contributed by atoms with Gasteiger partial charge in [0.05, 0.1) is 31.6 Å². The molecule has 0 spiro atoms. The van der Waals surface area contributed by atoms with E-state index in [0.29, 0.717) is 18.0 Å². The molecule has 0 aliphatic rings. The highest BCUT2D eigenvalue weighted by Crippen LogP contribution is 2.29. The quantitative estimate of drug-likeness (QED) is 0.668. The van der Waals surface area contributed by atoms with Crippen LogP contribution < -0.4 is 9.47 Å². The van der Waals surface area contributed by atoms with Crippen LogP contribution in [0.2, 0.25) is 0 Å². The van der Waals surface area contributed by atoms with E-state index in [1.165, 1.54) is 0 Å². The number of hydrogen-bond donors (Lipinski definition) is 0. The van der Waals surface area contributed by atoms with E-state index < -0.39 is 0 Å². The summed E-state index contributed by atoms with van der Waals surface area (Å²) in [5.41, 5.74) is 3.05. The number of fused-ring (bicyclic) bond motifs is 1. The highest BCUT2D eigenvalue weighted by atomic mass is 16.5. The number of hydrogen-bond acceptors (Lipinski definition) is 5. The maximum atomic E-state index is 5.45. The Hall–Kier alpha value is -2.60. The lowest BCUT2D eigenvalue weighted by atomic mass is 10.3. The normalized spacial score (nSPS) is 11.2. The molecule has 2 aromatic heterocycles. The van der Waals surface area contributed by atoms with E-state index in [4.69, 9.17) is 9.47 Å². The van der Waals surface area contributed by atoms with Crippen LogP contribution in [0.5, 0.6) is 11.5 Å².